The van der Waals surface area contributed by atoms with Crippen molar-refractivity contribution in [3.8, 4) is 0 Å². The number of aromatic nitrogens is 2. The minimum Gasteiger partial charge on any atom is -0.159 e. The Balaban J connectivity index is 3.37. The Morgan fingerprint density at radius 3 is 3.00 bits per heavy atom. The van der Waals surface area contributed by atoms with Crippen LogP contribution in [0.25, 0.3) is 12.2 Å². The molecule has 0 saturated heterocycles. The monoisotopic (exact) mass is 174 g/mol. The van der Waals surface area contributed by atoms with E-state index in [-0.39, 0.29) is 0 Å². The van der Waals surface area contributed by atoms with Gasteiger partial charge in [0.2, 0.25) is 0 Å². The van der Waals surface area contributed by atoms with Crippen molar-refractivity contribution in [1.29, 1.82) is 0 Å². The average molecular weight is 174 g/mol. The van der Waals surface area contributed by atoms with Crippen molar-refractivity contribution in [2.24, 2.45) is 0 Å². The van der Waals surface area contributed by atoms with Crippen LogP contribution in [-0.2, 0) is 0 Å². The van der Waals surface area contributed by atoms with Crippen molar-refractivity contribution in [2.45, 2.75) is 20.3 Å². The fraction of sp³-hybridized carbons (Fsp3) is 0.273. The first-order valence-electron chi connectivity index (χ1n) is 4.39. The smallest absolute Gasteiger partial charge is 0.0889 e. The lowest BCUT2D eigenvalue weighted by Gasteiger charge is -1.89. The Morgan fingerprint density at radius 1 is 1.62 bits per heavy atom. The molecule has 0 radical (unpaired) electrons. The summed E-state index contributed by atoms with van der Waals surface area (Å²) < 4.78 is 0. The van der Waals surface area contributed by atoms with Crippen molar-refractivity contribution in [1.82, 2.24) is 10.2 Å². The fourth-order valence-corrected chi connectivity index (χ4v) is 1.09. The Kier molecular flexibility index (Phi) is 3.38. The zero-order valence-corrected chi connectivity index (χ0v) is 8.12. The van der Waals surface area contributed by atoms with E-state index in [1.165, 1.54) is 0 Å². The normalized spacial score (nSPS) is 13.4. The first kappa shape index (κ1) is 9.65. The summed E-state index contributed by atoms with van der Waals surface area (Å²) in [5.74, 6) is 0. The summed E-state index contributed by atoms with van der Waals surface area (Å²) in [6, 6.07) is 1.95. The van der Waals surface area contributed by atoms with Crippen molar-refractivity contribution >= 4 is 12.2 Å². The van der Waals surface area contributed by atoms with Gasteiger partial charge in [-0.15, -0.1) is 0 Å². The maximum absolute atomic E-state index is 4.04. The predicted octanol–water partition coefficient (Wildman–Crippen LogP) is 1.02. The van der Waals surface area contributed by atoms with Gasteiger partial charge in [0.25, 0.3) is 0 Å². The predicted molar refractivity (Wildman–Crippen MR) is 55.3 cm³/mol. The molecule has 1 aromatic heterocycles. The summed E-state index contributed by atoms with van der Waals surface area (Å²) in [4.78, 5) is 0. The molecule has 0 N–H and O–H groups in total. The van der Waals surface area contributed by atoms with Gasteiger partial charge in [0, 0.05) is 5.22 Å². The summed E-state index contributed by atoms with van der Waals surface area (Å²) in [7, 11) is 0. The number of hydrogen-bond donors (Lipinski definition) is 0. The first-order valence-corrected chi connectivity index (χ1v) is 4.39. The standard InChI is InChI=1S/C11H14N2/c1-4-5-11-10(8-9(2)3)6-7-12-13-11/h5-8H,2,4H2,1,3H3/b10-8-,11-5+. The Morgan fingerprint density at radius 2 is 2.38 bits per heavy atom. The second-order valence-corrected chi connectivity index (χ2v) is 2.97. The molecule has 0 aliphatic carbocycles. The molecule has 0 fully saturated rings. The van der Waals surface area contributed by atoms with Crippen LogP contribution in [0.5, 0.6) is 0 Å². The molecule has 68 valence electrons. The van der Waals surface area contributed by atoms with Gasteiger partial charge in [-0.25, -0.2) is 0 Å². The van der Waals surface area contributed by atoms with Crippen LogP contribution in [-0.4, -0.2) is 10.2 Å². The van der Waals surface area contributed by atoms with Gasteiger partial charge in [0.1, 0.15) is 0 Å². The van der Waals surface area contributed by atoms with E-state index in [1.54, 1.807) is 6.20 Å². The molecule has 0 aliphatic rings. The van der Waals surface area contributed by atoms with Crippen LogP contribution in [0.4, 0.5) is 0 Å². The Bertz CT molecular complexity index is 404. The number of nitrogens with zero attached hydrogens (tertiary/aromatic N) is 2. The van der Waals surface area contributed by atoms with Crippen LogP contribution in [0.15, 0.2) is 24.4 Å². The lowest BCUT2D eigenvalue weighted by Crippen LogP contribution is -2.28. The Hall–Kier alpha value is -1.44. The molecule has 1 aromatic rings. The molecule has 2 heteroatoms. The van der Waals surface area contributed by atoms with Crippen molar-refractivity contribution < 1.29 is 0 Å². The van der Waals surface area contributed by atoms with E-state index in [1.807, 2.05) is 19.1 Å². The second-order valence-electron chi connectivity index (χ2n) is 2.97. The van der Waals surface area contributed by atoms with E-state index in [9.17, 15) is 0 Å². The SMILES string of the molecule is C=C(C)/C=c1/ccnn/c1=C/CC. The summed E-state index contributed by atoms with van der Waals surface area (Å²) in [5.41, 5.74) is 1.03. The molecule has 13 heavy (non-hydrogen) atoms. The third kappa shape index (κ3) is 2.82. The van der Waals surface area contributed by atoms with Gasteiger partial charge in [-0.2, -0.15) is 10.2 Å². The van der Waals surface area contributed by atoms with Gasteiger partial charge in [-0.05, 0) is 19.4 Å². The van der Waals surface area contributed by atoms with Gasteiger partial charge in [-0.1, -0.05) is 31.2 Å². The first-order chi connectivity index (χ1) is 6.24. The third-order valence-electron chi connectivity index (χ3n) is 1.58. The van der Waals surface area contributed by atoms with E-state index in [4.69, 9.17) is 0 Å². The highest BCUT2D eigenvalue weighted by atomic mass is 15.1. The minimum absolute atomic E-state index is 0.938. The van der Waals surface area contributed by atoms with Crippen molar-refractivity contribution in [2.75, 3.05) is 0 Å². The summed E-state index contributed by atoms with van der Waals surface area (Å²) in [5, 5.41) is 9.91. The minimum atomic E-state index is 0.938. The van der Waals surface area contributed by atoms with Crippen LogP contribution in [0.1, 0.15) is 20.3 Å². The van der Waals surface area contributed by atoms with Gasteiger partial charge >= 0.3 is 0 Å². The van der Waals surface area contributed by atoms with Gasteiger partial charge in [-0.3, -0.25) is 0 Å². The number of allylic oxidation sites excluding steroid dienone is 1. The Labute approximate surface area is 78.3 Å². The van der Waals surface area contributed by atoms with Crippen LogP contribution in [0.3, 0.4) is 0 Å². The highest BCUT2D eigenvalue weighted by Gasteiger charge is 1.85. The van der Waals surface area contributed by atoms with Crippen LogP contribution in [0.2, 0.25) is 0 Å². The molecular weight excluding hydrogens is 160 g/mol. The van der Waals surface area contributed by atoms with Gasteiger partial charge in [0.05, 0.1) is 11.5 Å². The van der Waals surface area contributed by atoms with E-state index in [2.05, 4.69) is 29.8 Å². The third-order valence-corrected chi connectivity index (χ3v) is 1.58. The van der Waals surface area contributed by atoms with E-state index in [0.717, 1.165) is 22.6 Å². The maximum Gasteiger partial charge on any atom is 0.0889 e. The zero-order chi connectivity index (χ0) is 9.68. The lowest BCUT2D eigenvalue weighted by atomic mass is 10.2. The molecule has 0 spiro atoms. The molecular formula is C11H14N2. The molecule has 0 bridgehead atoms. The van der Waals surface area contributed by atoms with Gasteiger partial charge in [0.15, 0.2) is 0 Å². The zero-order valence-electron chi connectivity index (χ0n) is 8.12. The van der Waals surface area contributed by atoms with Crippen LogP contribution in [0, 0.1) is 0 Å². The summed E-state index contributed by atoms with van der Waals surface area (Å²) in [6.45, 7) is 7.88. The second kappa shape index (κ2) is 4.55. The highest BCUT2D eigenvalue weighted by Crippen LogP contribution is 1.84. The molecule has 0 amide bonds. The molecule has 1 heterocycles. The maximum atomic E-state index is 4.04. The number of hydrogen-bond acceptors (Lipinski definition) is 2. The fourth-order valence-electron chi connectivity index (χ4n) is 1.09. The molecule has 1 rings (SSSR count). The largest absolute Gasteiger partial charge is 0.159 e. The van der Waals surface area contributed by atoms with Crippen LogP contribution >= 0.6 is 0 Å². The average Bonchev–Trinajstić information content (AvgIpc) is 2.08. The summed E-state index contributed by atoms with van der Waals surface area (Å²) in [6.07, 6.45) is 6.73. The molecule has 2 nitrogen and oxygen atoms in total. The molecule has 0 aromatic carbocycles. The van der Waals surface area contributed by atoms with Crippen molar-refractivity contribution in [3.05, 3.63) is 35.0 Å². The molecule has 0 aliphatic heterocycles. The van der Waals surface area contributed by atoms with Crippen molar-refractivity contribution in [3.63, 3.8) is 0 Å². The van der Waals surface area contributed by atoms with Gasteiger partial charge < -0.3 is 0 Å². The van der Waals surface area contributed by atoms with E-state index < -0.39 is 0 Å². The molecule has 0 atom stereocenters. The molecule has 0 unspecified atom stereocenters. The lowest BCUT2D eigenvalue weighted by molar-refractivity contribution is 0.975. The van der Waals surface area contributed by atoms with E-state index >= 15 is 0 Å². The number of rotatable bonds is 2. The highest BCUT2D eigenvalue weighted by molar-refractivity contribution is 5.43. The quantitative estimate of drug-likeness (QED) is 0.669. The van der Waals surface area contributed by atoms with Crippen LogP contribution < -0.4 is 10.6 Å². The molecule has 0 saturated carbocycles. The van der Waals surface area contributed by atoms with E-state index in [0.29, 0.717) is 0 Å². The topological polar surface area (TPSA) is 25.8 Å². The summed E-state index contributed by atoms with van der Waals surface area (Å²) >= 11 is 0.